The SMILES string of the molecule is Cc1cc(O)c([C@H](c2ccccc2)N2CCN(C)CC2)c(=O)n1Cc1ccccc1. The molecule has 0 amide bonds. The number of aromatic nitrogens is 1. The maximum Gasteiger partial charge on any atom is 0.259 e. The van der Waals surface area contributed by atoms with Gasteiger partial charge in [-0.05, 0) is 31.2 Å². The highest BCUT2D eigenvalue weighted by Gasteiger charge is 2.30. The van der Waals surface area contributed by atoms with Gasteiger partial charge in [0.1, 0.15) is 5.75 Å². The van der Waals surface area contributed by atoms with Gasteiger partial charge in [0.2, 0.25) is 0 Å². The number of likely N-dealkylation sites (N-methyl/N-ethyl adjacent to an activating group) is 1. The summed E-state index contributed by atoms with van der Waals surface area (Å²) in [6, 6.07) is 21.5. The molecular formula is C25H29N3O2. The molecule has 0 aliphatic carbocycles. The lowest BCUT2D eigenvalue weighted by atomic mass is 9.96. The van der Waals surface area contributed by atoms with E-state index < -0.39 is 0 Å². The van der Waals surface area contributed by atoms with Crippen molar-refractivity contribution in [3.63, 3.8) is 0 Å². The Morgan fingerprint density at radius 2 is 1.53 bits per heavy atom. The van der Waals surface area contributed by atoms with Crippen LogP contribution >= 0.6 is 0 Å². The Labute approximate surface area is 177 Å². The Hall–Kier alpha value is -2.89. The first-order valence-corrected chi connectivity index (χ1v) is 10.5. The summed E-state index contributed by atoms with van der Waals surface area (Å²) in [5.74, 6) is 0.0783. The molecule has 1 aromatic heterocycles. The zero-order chi connectivity index (χ0) is 21.1. The number of rotatable bonds is 5. The average Bonchev–Trinajstić information content (AvgIpc) is 2.76. The zero-order valence-electron chi connectivity index (χ0n) is 17.7. The molecular weight excluding hydrogens is 374 g/mol. The number of aromatic hydroxyl groups is 1. The van der Waals surface area contributed by atoms with Gasteiger partial charge >= 0.3 is 0 Å². The summed E-state index contributed by atoms with van der Waals surface area (Å²) in [6.07, 6.45) is 0. The van der Waals surface area contributed by atoms with E-state index in [1.54, 1.807) is 10.6 Å². The van der Waals surface area contributed by atoms with Crippen LogP contribution in [0, 0.1) is 6.92 Å². The third-order valence-corrected chi connectivity index (χ3v) is 6.00. The van der Waals surface area contributed by atoms with Crippen molar-refractivity contribution in [1.29, 1.82) is 0 Å². The van der Waals surface area contributed by atoms with Crippen molar-refractivity contribution in [2.75, 3.05) is 33.2 Å². The van der Waals surface area contributed by atoms with E-state index in [1.807, 2.05) is 67.6 Å². The highest BCUT2D eigenvalue weighted by atomic mass is 16.3. The van der Waals surface area contributed by atoms with Crippen LogP contribution in [0.5, 0.6) is 5.75 Å². The molecule has 2 aromatic carbocycles. The summed E-state index contributed by atoms with van der Waals surface area (Å²) in [7, 11) is 2.12. The van der Waals surface area contributed by atoms with Crippen LogP contribution in [-0.2, 0) is 6.54 Å². The minimum atomic E-state index is -0.268. The van der Waals surface area contributed by atoms with Crippen molar-refractivity contribution in [3.8, 4) is 5.75 Å². The van der Waals surface area contributed by atoms with Crippen molar-refractivity contribution in [2.24, 2.45) is 0 Å². The number of hydrogen-bond donors (Lipinski definition) is 1. The third-order valence-electron chi connectivity index (χ3n) is 6.00. The second-order valence-corrected chi connectivity index (χ2v) is 8.11. The Morgan fingerprint density at radius 1 is 0.933 bits per heavy atom. The van der Waals surface area contributed by atoms with Gasteiger partial charge in [-0.25, -0.2) is 0 Å². The van der Waals surface area contributed by atoms with E-state index in [1.165, 1.54) is 0 Å². The van der Waals surface area contributed by atoms with E-state index in [-0.39, 0.29) is 17.4 Å². The lowest BCUT2D eigenvalue weighted by Crippen LogP contribution is -2.47. The summed E-state index contributed by atoms with van der Waals surface area (Å²) in [4.78, 5) is 18.3. The number of benzene rings is 2. The van der Waals surface area contributed by atoms with Gasteiger partial charge in [-0.3, -0.25) is 9.69 Å². The van der Waals surface area contributed by atoms with Gasteiger partial charge in [0.15, 0.2) is 0 Å². The Morgan fingerprint density at radius 3 is 2.17 bits per heavy atom. The van der Waals surface area contributed by atoms with Gasteiger partial charge in [0.25, 0.3) is 5.56 Å². The van der Waals surface area contributed by atoms with E-state index in [4.69, 9.17) is 0 Å². The van der Waals surface area contributed by atoms with Gasteiger partial charge in [-0.15, -0.1) is 0 Å². The number of nitrogens with zero attached hydrogens (tertiary/aromatic N) is 3. The fourth-order valence-electron chi connectivity index (χ4n) is 4.26. The fraction of sp³-hybridized carbons (Fsp3) is 0.320. The van der Waals surface area contributed by atoms with Gasteiger partial charge in [-0.2, -0.15) is 0 Å². The lowest BCUT2D eigenvalue weighted by molar-refractivity contribution is 0.125. The van der Waals surface area contributed by atoms with Crippen LogP contribution in [0.1, 0.15) is 28.4 Å². The predicted octanol–water partition coefficient (Wildman–Crippen LogP) is 3.25. The largest absolute Gasteiger partial charge is 0.507 e. The molecule has 30 heavy (non-hydrogen) atoms. The minimum absolute atomic E-state index is 0.0783. The first-order chi connectivity index (χ1) is 14.5. The molecule has 0 unspecified atom stereocenters. The number of aryl methyl sites for hydroxylation is 1. The molecule has 3 aromatic rings. The zero-order valence-corrected chi connectivity index (χ0v) is 17.7. The van der Waals surface area contributed by atoms with Crippen LogP contribution in [0.25, 0.3) is 0 Å². The molecule has 5 heteroatoms. The molecule has 1 aliphatic rings. The Balaban J connectivity index is 1.82. The highest BCUT2D eigenvalue weighted by Crippen LogP contribution is 2.33. The fourth-order valence-corrected chi connectivity index (χ4v) is 4.26. The van der Waals surface area contributed by atoms with E-state index in [2.05, 4.69) is 16.8 Å². The molecule has 1 saturated heterocycles. The van der Waals surface area contributed by atoms with Crippen molar-refractivity contribution in [3.05, 3.63) is 99.5 Å². The van der Waals surface area contributed by atoms with Crippen molar-refractivity contribution >= 4 is 0 Å². The van der Waals surface area contributed by atoms with E-state index in [0.29, 0.717) is 12.1 Å². The van der Waals surface area contributed by atoms with Gasteiger partial charge < -0.3 is 14.6 Å². The third kappa shape index (κ3) is 4.18. The molecule has 2 heterocycles. The molecule has 1 fully saturated rings. The molecule has 5 nitrogen and oxygen atoms in total. The average molecular weight is 404 g/mol. The molecule has 1 N–H and O–H groups in total. The maximum atomic E-state index is 13.7. The van der Waals surface area contributed by atoms with Crippen molar-refractivity contribution < 1.29 is 5.11 Å². The van der Waals surface area contributed by atoms with E-state index in [9.17, 15) is 9.90 Å². The summed E-state index contributed by atoms with van der Waals surface area (Å²) < 4.78 is 1.77. The molecule has 156 valence electrons. The van der Waals surface area contributed by atoms with Gasteiger partial charge in [0, 0.05) is 31.9 Å². The normalized spacial score (nSPS) is 16.5. The molecule has 0 bridgehead atoms. The van der Waals surface area contributed by atoms with E-state index in [0.717, 1.165) is 43.0 Å². The van der Waals surface area contributed by atoms with Crippen LogP contribution in [0.2, 0.25) is 0 Å². The first-order valence-electron chi connectivity index (χ1n) is 10.5. The lowest BCUT2D eigenvalue weighted by Gasteiger charge is -2.38. The van der Waals surface area contributed by atoms with Crippen LogP contribution in [0.3, 0.4) is 0 Å². The topological polar surface area (TPSA) is 48.7 Å². The molecule has 1 aliphatic heterocycles. The standard InChI is InChI=1S/C25H29N3O2/c1-19-17-22(29)23(25(30)28(19)18-20-9-5-3-6-10-20)24(21-11-7-4-8-12-21)27-15-13-26(2)14-16-27/h3-12,17,24,29H,13-16,18H2,1-2H3/t24-/m0/s1. The number of hydrogen-bond acceptors (Lipinski definition) is 4. The number of piperazine rings is 1. The number of pyridine rings is 1. The second kappa shape index (κ2) is 8.86. The second-order valence-electron chi connectivity index (χ2n) is 8.11. The first kappa shape index (κ1) is 20.4. The molecule has 0 saturated carbocycles. The van der Waals surface area contributed by atoms with Gasteiger partial charge in [0.05, 0.1) is 18.2 Å². The monoisotopic (exact) mass is 403 g/mol. The molecule has 0 radical (unpaired) electrons. The Bertz CT molecular complexity index is 1040. The van der Waals surface area contributed by atoms with Crippen LogP contribution in [0.4, 0.5) is 0 Å². The Kier molecular flexibility index (Phi) is 6.02. The van der Waals surface area contributed by atoms with E-state index >= 15 is 0 Å². The van der Waals surface area contributed by atoms with Crippen LogP contribution in [0.15, 0.2) is 71.5 Å². The summed E-state index contributed by atoms with van der Waals surface area (Å²) in [5, 5.41) is 10.9. The molecule has 4 rings (SSSR count). The summed E-state index contributed by atoms with van der Waals surface area (Å²) >= 11 is 0. The van der Waals surface area contributed by atoms with Crippen LogP contribution < -0.4 is 5.56 Å². The highest BCUT2D eigenvalue weighted by molar-refractivity contribution is 5.41. The molecule has 1 atom stereocenters. The predicted molar refractivity (Wildman–Crippen MR) is 120 cm³/mol. The van der Waals surface area contributed by atoms with Crippen molar-refractivity contribution in [1.82, 2.24) is 14.4 Å². The van der Waals surface area contributed by atoms with Crippen molar-refractivity contribution in [2.45, 2.75) is 19.5 Å². The van der Waals surface area contributed by atoms with Crippen LogP contribution in [-0.4, -0.2) is 52.7 Å². The molecule has 0 spiro atoms. The van der Waals surface area contributed by atoms with Gasteiger partial charge in [-0.1, -0.05) is 60.7 Å². The minimum Gasteiger partial charge on any atom is -0.507 e. The quantitative estimate of drug-likeness (QED) is 0.711. The maximum absolute atomic E-state index is 13.7. The summed E-state index contributed by atoms with van der Waals surface area (Å²) in [5.41, 5.74) is 3.20. The smallest absolute Gasteiger partial charge is 0.259 e. The summed E-state index contributed by atoms with van der Waals surface area (Å²) in [6.45, 7) is 5.94.